The van der Waals surface area contributed by atoms with Gasteiger partial charge in [-0.3, -0.25) is 14.4 Å². The number of nitrogens with zero attached hydrogens (tertiary/aromatic N) is 1. The van der Waals surface area contributed by atoms with Gasteiger partial charge in [0.25, 0.3) is 11.7 Å². The number of aliphatic hydroxyl groups excluding tert-OH is 1. The Labute approximate surface area is 200 Å². The number of hydrogen-bond acceptors (Lipinski definition) is 6. The standard InChI is InChI=1S/C27H31NO6/c1-6-12-28-24(19-8-7-9-21(14-19)34-18(5)29)23(26(31)27(28)32)25(30)20-10-11-22(17(4)13-20)33-15-16(2)3/h7-11,13-14,16,24,30H,6,12,15H2,1-5H3/b25-23+. The number of Topliss-reactive ketones (excluding diaryl/α,β-unsaturated/α-hetero) is 1. The molecule has 2 aromatic carbocycles. The number of ketones is 1. The van der Waals surface area contributed by atoms with E-state index in [1.54, 1.807) is 42.5 Å². The maximum atomic E-state index is 13.1. The number of rotatable bonds is 8. The Bertz CT molecular complexity index is 1130. The molecule has 0 spiro atoms. The molecule has 1 fully saturated rings. The van der Waals surface area contributed by atoms with Gasteiger partial charge in [0.05, 0.1) is 18.2 Å². The monoisotopic (exact) mass is 465 g/mol. The first-order chi connectivity index (χ1) is 16.1. The van der Waals surface area contributed by atoms with Crippen LogP contribution in [0.2, 0.25) is 0 Å². The molecule has 7 heteroatoms. The average molecular weight is 466 g/mol. The van der Waals surface area contributed by atoms with Gasteiger partial charge in [-0.05, 0) is 60.7 Å². The van der Waals surface area contributed by atoms with Gasteiger partial charge in [0, 0.05) is 19.0 Å². The molecule has 180 valence electrons. The first kappa shape index (κ1) is 25.0. The van der Waals surface area contributed by atoms with Crippen molar-refractivity contribution in [3.05, 3.63) is 64.7 Å². The van der Waals surface area contributed by atoms with Gasteiger partial charge in [0.15, 0.2) is 0 Å². The third-order valence-electron chi connectivity index (χ3n) is 5.46. The van der Waals surface area contributed by atoms with Gasteiger partial charge >= 0.3 is 5.97 Å². The lowest BCUT2D eigenvalue weighted by Crippen LogP contribution is -2.30. The molecule has 1 amide bonds. The number of carbonyl (C=O) groups excluding carboxylic acids is 3. The van der Waals surface area contributed by atoms with E-state index in [0.29, 0.717) is 48.1 Å². The number of aliphatic hydroxyl groups is 1. The number of amides is 1. The molecular weight excluding hydrogens is 434 g/mol. The molecule has 1 N–H and O–H groups in total. The molecule has 1 heterocycles. The third kappa shape index (κ3) is 5.30. The molecule has 34 heavy (non-hydrogen) atoms. The Kier molecular flexibility index (Phi) is 7.76. The van der Waals surface area contributed by atoms with Crippen LogP contribution in [-0.2, 0) is 14.4 Å². The van der Waals surface area contributed by atoms with E-state index in [9.17, 15) is 19.5 Å². The summed E-state index contributed by atoms with van der Waals surface area (Å²) >= 11 is 0. The largest absolute Gasteiger partial charge is 0.507 e. The van der Waals surface area contributed by atoms with E-state index in [1.807, 2.05) is 13.8 Å². The summed E-state index contributed by atoms with van der Waals surface area (Å²) in [6.07, 6.45) is 0.633. The summed E-state index contributed by atoms with van der Waals surface area (Å²) in [5, 5.41) is 11.2. The molecule has 3 rings (SSSR count). The van der Waals surface area contributed by atoms with Crippen LogP contribution in [-0.4, -0.2) is 40.8 Å². The summed E-state index contributed by atoms with van der Waals surface area (Å²) in [7, 11) is 0. The molecule has 1 unspecified atom stereocenters. The van der Waals surface area contributed by atoms with Gasteiger partial charge in [-0.2, -0.15) is 0 Å². The zero-order valence-electron chi connectivity index (χ0n) is 20.3. The van der Waals surface area contributed by atoms with Gasteiger partial charge in [0.1, 0.15) is 17.3 Å². The van der Waals surface area contributed by atoms with E-state index < -0.39 is 23.7 Å². The second-order valence-corrected chi connectivity index (χ2v) is 8.84. The number of likely N-dealkylation sites (tertiary alicyclic amines) is 1. The summed E-state index contributed by atoms with van der Waals surface area (Å²) in [6.45, 7) is 10.1. The van der Waals surface area contributed by atoms with Crippen molar-refractivity contribution in [1.29, 1.82) is 0 Å². The maximum Gasteiger partial charge on any atom is 0.308 e. The molecule has 1 atom stereocenters. The summed E-state index contributed by atoms with van der Waals surface area (Å²) in [5.74, 6) is -0.776. The van der Waals surface area contributed by atoms with Crippen LogP contribution >= 0.6 is 0 Å². The lowest BCUT2D eigenvalue weighted by atomic mass is 9.94. The number of hydrogen-bond donors (Lipinski definition) is 1. The van der Waals surface area contributed by atoms with Crippen molar-refractivity contribution in [3.8, 4) is 11.5 Å². The zero-order chi connectivity index (χ0) is 25.0. The molecule has 0 aliphatic carbocycles. The van der Waals surface area contributed by atoms with E-state index in [4.69, 9.17) is 9.47 Å². The predicted molar refractivity (Wildman–Crippen MR) is 129 cm³/mol. The van der Waals surface area contributed by atoms with Crippen LogP contribution in [0.1, 0.15) is 56.8 Å². The molecule has 1 aliphatic heterocycles. The van der Waals surface area contributed by atoms with Crippen LogP contribution < -0.4 is 9.47 Å². The minimum absolute atomic E-state index is 0.00803. The number of benzene rings is 2. The van der Waals surface area contributed by atoms with E-state index >= 15 is 0 Å². The molecule has 0 saturated carbocycles. The number of carbonyl (C=O) groups is 3. The lowest BCUT2D eigenvalue weighted by molar-refractivity contribution is -0.139. The predicted octanol–water partition coefficient (Wildman–Crippen LogP) is 4.79. The number of ether oxygens (including phenoxy) is 2. The fourth-order valence-corrected chi connectivity index (χ4v) is 3.98. The Morgan fingerprint density at radius 2 is 1.88 bits per heavy atom. The Balaban J connectivity index is 2.09. The number of esters is 1. The van der Waals surface area contributed by atoms with Gasteiger partial charge in [-0.15, -0.1) is 0 Å². The SMILES string of the molecule is CCCN1C(=O)C(=O)/C(=C(/O)c2ccc(OCC(C)C)c(C)c2)C1c1cccc(OC(C)=O)c1. The van der Waals surface area contributed by atoms with Crippen molar-refractivity contribution < 1.29 is 29.0 Å². The summed E-state index contributed by atoms with van der Waals surface area (Å²) in [4.78, 5) is 38.8. The topological polar surface area (TPSA) is 93.1 Å². The molecule has 0 bridgehead atoms. The van der Waals surface area contributed by atoms with E-state index in [1.165, 1.54) is 11.8 Å². The molecule has 2 aromatic rings. The van der Waals surface area contributed by atoms with Crippen LogP contribution in [0.15, 0.2) is 48.0 Å². The minimum atomic E-state index is -0.798. The molecule has 0 aromatic heterocycles. The van der Waals surface area contributed by atoms with Crippen molar-refractivity contribution >= 4 is 23.4 Å². The van der Waals surface area contributed by atoms with Crippen LogP contribution in [0.4, 0.5) is 0 Å². The highest BCUT2D eigenvalue weighted by molar-refractivity contribution is 6.46. The molecule has 1 aliphatic rings. The van der Waals surface area contributed by atoms with Crippen molar-refractivity contribution in [1.82, 2.24) is 4.90 Å². The second-order valence-electron chi connectivity index (χ2n) is 8.84. The summed E-state index contributed by atoms with van der Waals surface area (Å²) < 4.78 is 11.0. The fraction of sp³-hybridized carbons (Fsp3) is 0.370. The normalized spacial score (nSPS) is 17.4. The van der Waals surface area contributed by atoms with Crippen molar-refractivity contribution in [2.24, 2.45) is 5.92 Å². The van der Waals surface area contributed by atoms with Crippen molar-refractivity contribution in [2.45, 2.75) is 47.1 Å². The maximum absolute atomic E-state index is 13.1. The quantitative estimate of drug-likeness (QED) is 0.198. The van der Waals surface area contributed by atoms with Crippen molar-refractivity contribution in [2.75, 3.05) is 13.2 Å². The van der Waals surface area contributed by atoms with Gasteiger partial charge in [0.2, 0.25) is 0 Å². The minimum Gasteiger partial charge on any atom is -0.507 e. The highest BCUT2D eigenvalue weighted by Gasteiger charge is 2.45. The van der Waals surface area contributed by atoms with Crippen LogP contribution in [0.3, 0.4) is 0 Å². The van der Waals surface area contributed by atoms with Crippen LogP contribution in [0.25, 0.3) is 5.76 Å². The van der Waals surface area contributed by atoms with E-state index in [-0.39, 0.29) is 11.3 Å². The molecular formula is C27H31NO6. The molecule has 1 saturated heterocycles. The van der Waals surface area contributed by atoms with E-state index in [0.717, 1.165) is 5.56 Å². The van der Waals surface area contributed by atoms with Gasteiger partial charge < -0.3 is 19.5 Å². The second kappa shape index (κ2) is 10.5. The van der Waals surface area contributed by atoms with Crippen LogP contribution in [0.5, 0.6) is 11.5 Å². The van der Waals surface area contributed by atoms with Crippen molar-refractivity contribution in [3.63, 3.8) is 0 Å². The Morgan fingerprint density at radius 3 is 2.50 bits per heavy atom. The molecule has 7 nitrogen and oxygen atoms in total. The van der Waals surface area contributed by atoms with Gasteiger partial charge in [-0.25, -0.2) is 0 Å². The first-order valence-electron chi connectivity index (χ1n) is 11.4. The summed E-state index contributed by atoms with van der Waals surface area (Å²) in [6, 6.07) is 11.0. The smallest absolute Gasteiger partial charge is 0.308 e. The summed E-state index contributed by atoms with van der Waals surface area (Å²) in [5.41, 5.74) is 1.81. The fourth-order valence-electron chi connectivity index (χ4n) is 3.98. The zero-order valence-corrected chi connectivity index (χ0v) is 20.3. The number of aryl methyl sites for hydroxylation is 1. The highest BCUT2D eigenvalue weighted by Crippen LogP contribution is 2.40. The van der Waals surface area contributed by atoms with Gasteiger partial charge in [-0.1, -0.05) is 32.9 Å². The average Bonchev–Trinajstić information content (AvgIpc) is 3.02. The Hall–Kier alpha value is -3.61. The highest BCUT2D eigenvalue weighted by atomic mass is 16.5. The lowest BCUT2D eigenvalue weighted by Gasteiger charge is -2.25. The van der Waals surface area contributed by atoms with Crippen LogP contribution in [0, 0.1) is 12.8 Å². The third-order valence-corrected chi connectivity index (χ3v) is 5.46. The van der Waals surface area contributed by atoms with E-state index in [2.05, 4.69) is 13.8 Å². The first-order valence-corrected chi connectivity index (χ1v) is 11.4. The molecule has 0 radical (unpaired) electrons. The Morgan fingerprint density at radius 1 is 1.15 bits per heavy atom.